The number of halogens is 4. The van der Waals surface area contributed by atoms with Crippen LogP contribution in [0, 0.1) is 5.82 Å². The van der Waals surface area contributed by atoms with E-state index in [9.17, 15) is 4.39 Å². The maximum absolute atomic E-state index is 13.3. The summed E-state index contributed by atoms with van der Waals surface area (Å²) in [6.45, 7) is 0. The smallest absolute Gasteiger partial charge is 0.137 e. The molecule has 1 aromatic heterocycles. The van der Waals surface area contributed by atoms with Crippen LogP contribution in [-0.2, 0) is 0 Å². The highest BCUT2D eigenvalue weighted by atomic mass is 79.9. The molecule has 16 heavy (non-hydrogen) atoms. The highest BCUT2D eigenvalue weighted by Gasteiger charge is 2.16. The molecule has 0 radical (unpaired) electrons. The van der Waals surface area contributed by atoms with Crippen LogP contribution >= 0.6 is 50.5 Å². The minimum atomic E-state index is -0.407. The van der Waals surface area contributed by atoms with Crippen molar-refractivity contribution in [2.75, 3.05) is 0 Å². The van der Waals surface area contributed by atoms with Gasteiger partial charge in [0.25, 0.3) is 0 Å². The number of hydrogen-bond donors (Lipinski definition) is 0. The highest BCUT2D eigenvalue weighted by molar-refractivity contribution is 9.10. The van der Waals surface area contributed by atoms with E-state index in [4.69, 9.17) is 23.2 Å². The fourth-order valence-corrected chi connectivity index (χ4v) is 3.19. The third kappa shape index (κ3) is 2.43. The summed E-state index contributed by atoms with van der Waals surface area (Å²) in [6, 6.07) is 6.62. The van der Waals surface area contributed by atoms with Gasteiger partial charge in [0.1, 0.15) is 5.82 Å². The summed E-state index contributed by atoms with van der Waals surface area (Å²) in [5, 5.41) is 2.07. The van der Waals surface area contributed by atoms with Gasteiger partial charge in [0.2, 0.25) is 0 Å². The molecule has 0 amide bonds. The Bertz CT molecular complexity index is 512. The van der Waals surface area contributed by atoms with E-state index < -0.39 is 5.38 Å². The molecule has 0 saturated heterocycles. The van der Waals surface area contributed by atoms with Crippen LogP contribution in [0.25, 0.3) is 0 Å². The lowest BCUT2D eigenvalue weighted by Gasteiger charge is -2.09. The lowest BCUT2D eigenvalue weighted by Crippen LogP contribution is -1.92. The van der Waals surface area contributed by atoms with Crippen LogP contribution in [0.15, 0.2) is 34.1 Å². The van der Waals surface area contributed by atoms with Crippen molar-refractivity contribution in [3.8, 4) is 0 Å². The topological polar surface area (TPSA) is 0 Å². The van der Waals surface area contributed by atoms with Crippen LogP contribution in [0.1, 0.15) is 15.8 Å². The van der Waals surface area contributed by atoms with Gasteiger partial charge in [0.15, 0.2) is 0 Å². The highest BCUT2D eigenvalue weighted by Crippen LogP contribution is 2.38. The third-order valence-electron chi connectivity index (χ3n) is 2.11. The Morgan fingerprint density at radius 1 is 1.31 bits per heavy atom. The van der Waals surface area contributed by atoms with Crippen LogP contribution in [0.2, 0.25) is 5.02 Å². The first-order valence-electron chi connectivity index (χ1n) is 4.41. The predicted molar refractivity (Wildman–Crippen MR) is 71.1 cm³/mol. The van der Waals surface area contributed by atoms with Crippen molar-refractivity contribution in [3.63, 3.8) is 0 Å². The number of thiophene rings is 1. The van der Waals surface area contributed by atoms with Crippen LogP contribution in [0.4, 0.5) is 4.39 Å². The van der Waals surface area contributed by atoms with Gasteiger partial charge < -0.3 is 0 Å². The largest absolute Gasteiger partial charge is 0.206 e. The second-order valence-electron chi connectivity index (χ2n) is 3.17. The van der Waals surface area contributed by atoms with Gasteiger partial charge in [-0.2, -0.15) is 0 Å². The van der Waals surface area contributed by atoms with Crippen molar-refractivity contribution in [2.24, 2.45) is 0 Å². The summed E-state index contributed by atoms with van der Waals surface area (Å²) in [6.07, 6.45) is 0. The second kappa shape index (κ2) is 5.05. The first kappa shape index (κ1) is 12.4. The molecule has 2 aromatic rings. The zero-order valence-electron chi connectivity index (χ0n) is 7.88. The lowest BCUT2D eigenvalue weighted by atomic mass is 10.1. The predicted octanol–water partition coefficient (Wildman–Crippen LogP) is 5.63. The van der Waals surface area contributed by atoms with E-state index in [0.29, 0.717) is 15.1 Å². The molecule has 0 saturated carbocycles. The Morgan fingerprint density at radius 3 is 2.62 bits per heavy atom. The number of rotatable bonds is 2. The first-order chi connectivity index (χ1) is 7.59. The second-order valence-corrected chi connectivity index (χ2v) is 5.81. The molecule has 0 aliphatic heterocycles. The Hall–Kier alpha value is -0.0900. The number of alkyl halides is 1. The number of hydrogen-bond acceptors (Lipinski definition) is 1. The van der Waals surface area contributed by atoms with Gasteiger partial charge in [-0.1, -0.05) is 17.7 Å². The molecule has 0 N–H and O–H groups in total. The average molecular weight is 340 g/mol. The van der Waals surface area contributed by atoms with Crippen molar-refractivity contribution in [1.29, 1.82) is 0 Å². The molecule has 1 atom stereocenters. The molecule has 0 aliphatic carbocycles. The van der Waals surface area contributed by atoms with E-state index in [1.807, 2.05) is 5.38 Å². The minimum Gasteiger partial charge on any atom is -0.206 e. The van der Waals surface area contributed by atoms with E-state index in [-0.39, 0.29) is 5.82 Å². The van der Waals surface area contributed by atoms with Gasteiger partial charge in [-0.3, -0.25) is 0 Å². The molecule has 2 rings (SSSR count). The van der Waals surface area contributed by atoms with Crippen molar-refractivity contribution >= 4 is 50.5 Å². The van der Waals surface area contributed by atoms with E-state index in [1.54, 1.807) is 18.2 Å². The normalized spacial score (nSPS) is 12.8. The molecular formula is C11H6BrCl2FS. The maximum atomic E-state index is 13.3. The molecular weight excluding hydrogens is 334 g/mol. The molecule has 0 spiro atoms. The maximum Gasteiger partial charge on any atom is 0.137 e. The van der Waals surface area contributed by atoms with Gasteiger partial charge in [-0.05, 0) is 45.1 Å². The molecule has 0 fully saturated rings. The molecule has 84 valence electrons. The first-order valence-corrected chi connectivity index (χ1v) is 6.90. The Morgan fingerprint density at radius 2 is 2.06 bits per heavy atom. The van der Waals surface area contributed by atoms with E-state index in [2.05, 4.69) is 15.9 Å². The van der Waals surface area contributed by atoms with Crippen LogP contribution < -0.4 is 0 Å². The molecule has 5 heteroatoms. The summed E-state index contributed by atoms with van der Waals surface area (Å²) < 4.78 is 13.8. The van der Waals surface area contributed by atoms with Gasteiger partial charge >= 0.3 is 0 Å². The molecule has 0 aliphatic rings. The Balaban J connectivity index is 2.38. The molecule has 1 unspecified atom stereocenters. The summed E-state index contributed by atoms with van der Waals surface area (Å²) in [7, 11) is 0. The molecule has 1 aromatic carbocycles. The van der Waals surface area contributed by atoms with E-state index >= 15 is 0 Å². The van der Waals surface area contributed by atoms with Crippen molar-refractivity contribution < 1.29 is 4.39 Å². The summed E-state index contributed by atoms with van der Waals surface area (Å²) in [5.74, 6) is -0.323. The third-order valence-corrected chi connectivity index (χ3v) is 4.78. The van der Waals surface area contributed by atoms with Crippen molar-refractivity contribution in [2.45, 2.75) is 5.38 Å². The van der Waals surface area contributed by atoms with Crippen molar-refractivity contribution in [1.82, 2.24) is 0 Å². The quantitative estimate of drug-likeness (QED) is 0.622. The standard InChI is InChI=1S/C11H6BrCl2FS/c12-7-2-1-6(5-9(7)15)10(14)11-8(13)3-4-16-11/h1-5,10H. The van der Waals surface area contributed by atoms with E-state index in [0.717, 1.165) is 4.88 Å². The Kier molecular flexibility index (Phi) is 3.90. The molecule has 0 bridgehead atoms. The average Bonchev–Trinajstić information content (AvgIpc) is 2.67. The van der Waals surface area contributed by atoms with Gasteiger partial charge in [0, 0.05) is 4.88 Å². The van der Waals surface area contributed by atoms with E-state index in [1.165, 1.54) is 17.4 Å². The van der Waals surface area contributed by atoms with Crippen LogP contribution in [0.3, 0.4) is 0 Å². The minimum absolute atomic E-state index is 0.323. The zero-order valence-corrected chi connectivity index (χ0v) is 11.8. The fraction of sp³-hybridized carbons (Fsp3) is 0.0909. The molecule has 1 heterocycles. The van der Waals surface area contributed by atoms with Gasteiger partial charge in [-0.25, -0.2) is 4.39 Å². The van der Waals surface area contributed by atoms with Crippen molar-refractivity contribution in [3.05, 3.63) is 55.4 Å². The summed E-state index contributed by atoms with van der Waals surface area (Å²) in [4.78, 5) is 0.838. The van der Waals surface area contributed by atoms with Crippen LogP contribution in [0.5, 0.6) is 0 Å². The summed E-state index contributed by atoms with van der Waals surface area (Å²) in [5.41, 5.74) is 0.701. The SMILES string of the molecule is Fc1cc(C(Cl)c2sccc2Cl)ccc1Br. The summed E-state index contributed by atoms with van der Waals surface area (Å²) >= 11 is 16.8. The lowest BCUT2D eigenvalue weighted by molar-refractivity contribution is 0.619. The van der Waals surface area contributed by atoms with Crippen LogP contribution in [-0.4, -0.2) is 0 Å². The Labute approximate surface area is 115 Å². The van der Waals surface area contributed by atoms with Gasteiger partial charge in [-0.15, -0.1) is 22.9 Å². The number of benzene rings is 1. The fourth-order valence-electron chi connectivity index (χ4n) is 1.31. The zero-order chi connectivity index (χ0) is 11.7. The van der Waals surface area contributed by atoms with Gasteiger partial charge in [0.05, 0.1) is 14.9 Å². The molecule has 0 nitrogen and oxygen atoms in total. The monoisotopic (exact) mass is 338 g/mol.